The summed E-state index contributed by atoms with van der Waals surface area (Å²) in [5.41, 5.74) is -0.222. The van der Waals surface area contributed by atoms with E-state index in [4.69, 9.17) is 9.84 Å². The molecule has 0 fully saturated rings. The summed E-state index contributed by atoms with van der Waals surface area (Å²) in [6.45, 7) is -0.557. The fraction of sp³-hybridized carbons (Fsp3) is 0.0556. The zero-order valence-corrected chi connectivity index (χ0v) is 15.4. The molecule has 0 aliphatic rings. The van der Waals surface area contributed by atoms with Crippen LogP contribution in [0.4, 0.5) is 0 Å². The lowest BCUT2D eigenvalue weighted by atomic mass is 10.1. The number of para-hydroxylation sites is 1. The first kappa shape index (κ1) is 17.9. The maximum absolute atomic E-state index is 12.0. The Bertz CT molecular complexity index is 992. The Balaban J connectivity index is 1.96. The van der Waals surface area contributed by atoms with Gasteiger partial charge < -0.3 is 20.3 Å². The molecule has 0 saturated carbocycles. The summed E-state index contributed by atoms with van der Waals surface area (Å²) in [5, 5.41) is 22.2. The van der Waals surface area contributed by atoms with Crippen molar-refractivity contribution in [2.75, 3.05) is 6.54 Å². The molecular formula is C18H13IN2O5. The van der Waals surface area contributed by atoms with Gasteiger partial charge in [-0.05, 0) is 52.9 Å². The van der Waals surface area contributed by atoms with Gasteiger partial charge in [0.2, 0.25) is 0 Å². The molecule has 7 nitrogen and oxygen atoms in total. The third kappa shape index (κ3) is 3.85. The van der Waals surface area contributed by atoms with E-state index in [1.54, 1.807) is 18.2 Å². The van der Waals surface area contributed by atoms with Gasteiger partial charge in [0, 0.05) is 10.8 Å². The van der Waals surface area contributed by atoms with Crippen LogP contribution in [0.1, 0.15) is 10.5 Å². The largest absolute Gasteiger partial charge is 0.505 e. The van der Waals surface area contributed by atoms with Crippen molar-refractivity contribution in [2.45, 2.75) is 0 Å². The first-order valence-corrected chi connectivity index (χ1v) is 8.58. The van der Waals surface area contributed by atoms with Crippen molar-refractivity contribution in [1.29, 1.82) is 0 Å². The maximum atomic E-state index is 12.0. The van der Waals surface area contributed by atoms with Gasteiger partial charge in [-0.25, -0.2) is 4.98 Å². The Labute approximate surface area is 161 Å². The number of rotatable bonds is 5. The number of aromatic hydroxyl groups is 1. The van der Waals surface area contributed by atoms with Gasteiger partial charge in [-0.1, -0.05) is 18.2 Å². The summed E-state index contributed by atoms with van der Waals surface area (Å²) < 4.78 is 6.25. The van der Waals surface area contributed by atoms with Crippen LogP contribution in [-0.2, 0) is 4.79 Å². The summed E-state index contributed by atoms with van der Waals surface area (Å²) in [5.74, 6) is -1.02. The van der Waals surface area contributed by atoms with Crippen molar-refractivity contribution in [3.8, 4) is 17.2 Å². The Hall–Kier alpha value is -2.88. The van der Waals surface area contributed by atoms with Crippen molar-refractivity contribution in [3.63, 3.8) is 0 Å². The number of aliphatic carboxylic acids is 1. The molecule has 8 heteroatoms. The van der Waals surface area contributed by atoms with E-state index in [1.807, 2.05) is 52.9 Å². The normalized spacial score (nSPS) is 10.5. The molecule has 0 saturated heterocycles. The highest BCUT2D eigenvalue weighted by Crippen LogP contribution is 2.34. The summed E-state index contributed by atoms with van der Waals surface area (Å²) >= 11 is 1.95. The predicted molar refractivity (Wildman–Crippen MR) is 103 cm³/mol. The quantitative estimate of drug-likeness (QED) is 0.396. The summed E-state index contributed by atoms with van der Waals surface area (Å²) in [4.78, 5) is 26.7. The molecular weight excluding hydrogens is 451 g/mol. The van der Waals surface area contributed by atoms with E-state index in [1.165, 1.54) is 0 Å². The fourth-order valence-corrected chi connectivity index (χ4v) is 3.01. The lowest BCUT2D eigenvalue weighted by molar-refractivity contribution is -0.135. The molecule has 0 aliphatic carbocycles. The smallest absolute Gasteiger partial charge is 0.322 e. The van der Waals surface area contributed by atoms with Crippen molar-refractivity contribution >= 4 is 45.2 Å². The number of nitrogens with zero attached hydrogens (tertiary/aromatic N) is 1. The van der Waals surface area contributed by atoms with Crippen molar-refractivity contribution in [2.24, 2.45) is 0 Å². The lowest BCUT2D eigenvalue weighted by Gasteiger charge is -2.11. The molecule has 26 heavy (non-hydrogen) atoms. The Morgan fingerprint density at radius 3 is 2.50 bits per heavy atom. The zero-order valence-electron chi connectivity index (χ0n) is 13.3. The number of ether oxygens (including phenoxy) is 1. The molecule has 3 N–H and O–H groups in total. The van der Waals surface area contributed by atoms with Gasteiger partial charge >= 0.3 is 5.97 Å². The van der Waals surface area contributed by atoms with Gasteiger partial charge in [-0.15, -0.1) is 0 Å². The van der Waals surface area contributed by atoms with Gasteiger partial charge in [0.15, 0.2) is 11.4 Å². The van der Waals surface area contributed by atoms with E-state index < -0.39 is 18.4 Å². The molecule has 0 radical (unpaired) electrons. The molecule has 2 aromatic carbocycles. The average Bonchev–Trinajstić information content (AvgIpc) is 2.63. The molecule has 3 aromatic rings. The molecule has 0 unspecified atom stereocenters. The number of fused-ring (bicyclic) bond motifs is 1. The predicted octanol–water partition coefficient (Wildman–Crippen LogP) is 3.15. The van der Waals surface area contributed by atoms with E-state index in [0.29, 0.717) is 26.0 Å². The zero-order chi connectivity index (χ0) is 18.7. The van der Waals surface area contributed by atoms with Crippen LogP contribution in [-0.4, -0.2) is 33.6 Å². The molecule has 1 aromatic heterocycles. The van der Waals surface area contributed by atoms with Crippen molar-refractivity contribution in [1.82, 2.24) is 10.3 Å². The maximum Gasteiger partial charge on any atom is 0.322 e. The van der Waals surface area contributed by atoms with Crippen LogP contribution in [0.5, 0.6) is 17.2 Å². The van der Waals surface area contributed by atoms with Gasteiger partial charge in [-0.3, -0.25) is 9.59 Å². The minimum atomic E-state index is -1.18. The Kier molecular flexibility index (Phi) is 5.21. The van der Waals surface area contributed by atoms with Crippen molar-refractivity contribution < 1.29 is 24.5 Å². The minimum absolute atomic E-state index is 0.222. The van der Waals surface area contributed by atoms with Gasteiger partial charge in [0.25, 0.3) is 5.91 Å². The highest BCUT2D eigenvalue weighted by molar-refractivity contribution is 14.1. The van der Waals surface area contributed by atoms with Crippen LogP contribution in [0.3, 0.4) is 0 Å². The lowest BCUT2D eigenvalue weighted by Crippen LogP contribution is -2.30. The number of carboxylic acid groups (broad SMARTS) is 1. The summed E-state index contributed by atoms with van der Waals surface area (Å²) in [6.07, 6.45) is 0. The monoisotopic (exact) mass is 464 g/mol. The number of benzene rings is 2. The molecule has 0 spiro atoms. The van der Waals surface area contributed by atoms with E-state index in [2.05, 4.69) is 10.3 Å². The SMILES string of the molecule is O=C(O)CNC(=O)c1nc(I)c2cc(Oc3ccccc3)ccc2c1O. The van der Waals surface area contributed by atoms with E-state index in [-0.39, 0.29) is 11.4 Å². The third-order valence-electron chi connectivity index (χ3n) is 3.50. The number of pyridine rings is 1. The molecule has 1 heterocycles. The first-order valence-electron chi connectivity index (χ1n) is 7.51. The van der Waals surface area contributed by atoms with Gasteiger partial charge in [0.05, 0.1) is 0 Å². The number of carbonyl (C=O) groups excluding carboxylic acids is 1. The number of hydrogen-bond donors (Lipinski definition) is 3. The fourth-order valence-electron chi connectivity index (χ4n) is 2.33. The second-order valence-corrected chi connectivity index (χ2v) is 6.32. The van der Waals surface area contributed by atoms with Crippen LogP contribution in [0.2, 0.25) is 0 Å². The van der Waals surface area contributed by atoms with E-state index in [9.17, 15) is 14.7 Å². The minimum Gasteiger partial charge on any atom is -0.505 e. The highest BCUT2D eigenvalue weighted by atomic mass is 127. The Morgan fingerprint density at radius 1 is 1.08 bits per heavy atom. The number of hydrogen-bond acceptors (Lipinski definition) is 5. The van der Waals surface area contributed by atoms with Crippen LogP contribution < -0.4 is 10.1 Å². The summed E-state index contributed by atoms with van der Waals surface area (Å²) in [6, 6.07) is 14.3. The standard InChI is InChI=1S/C18H13IN2O5/c19-17-13-8-11(26-10-4-2-1-3-5-10)6-7-12(13)16(24)15(21-17)18(25)20-9-14(22)23/h1-8,24H,9H2,(H,20,25)(H,22,23). The number of aromatic nitrogens is 1. The van der Waals surface area contributed by atoms with Gasteiger partial charge in [0.1, 0.15) is 21.7 Å². The van der Waals surface area contributed by atoms with Gasteiger partial charge in [-0.2, -0.15) is 0 Å². The number of nitrogens with one attached hydrogen (secondary N) is 1. The Morgan fingerprint density at radius 2 is 1.81 bits per heavy atom. The van der Waals surface area contributed by atoms with Crippen LogP contribution in [0.25, 0.3) is 10.8 Å². The van der Waals surface area contributed by atoms with E-state index >= 15 is 0 Å². The topological polar surface area (TPSA) is 109 Å². The van der Waals surface area contributed by atoms with Crippen molar-refractivity contribution in [3.05, 3.63) is 57.9 Å². The second-order valence-electron chi connectivity index (χ2n) is 5.30. The van der Waals surface area contributed by atoms with E-state index in [0.717, 1.165) is 0 Å². The number of halogens is 1. The van der Waals surface area contributed by atoms with Crippen LogP contribution in [0.15, 0.2) is 48.5 Å². The first-order chi connectivity index (χ1) is 12.5. The van der Waals surface area contributed by atoms with Crippen LogP contribution >= 0.6 is 22.6 Å². The molecule has 0 atom stereocenters. The third-order valence-corrected chi connectivity index (χ3v) is 4.32. The molecule has 0 bridgehead atoms. The number of carbonyl (C=O) groups is 2. The molecule has 1 amide bonds. The molecule has 3 rings (SSSR count). The summed E-state index contributed by atoms with van der Waals surface area (Å²) in [7, 11) is 0. The molecule has 132 valence electrons. The average molecular weight is 464 g/mol. The number of carboxylic acids is 1. The second kappa shape index (κ2) is 7.56. The molecule has 0 aliphatic heterocycles. The van der Waals surface area contributed by atoms with Crippen LogP contribution in [0, 0.1) is 3.70 Å². The number of amides is 1. The highest BCUT2D eigenvalue weighted by Gasteiger charge is 2.19.